The highest BCUT2D eigenvalue weighted by Crippen LogP contribution is 2.35. The van der Waals surface area contributed by atoms with Gasteiger partial charge >= 0.3 is 0 Å². The van der Waals surface area contributed by atoms with E-state index in [0.29, 0.717) is 22.7 Å². The van der Waals surface area contributed by atoms with Crippen LogP contribution in [0.4, 0.5) is 0 Å². The molecule has 3 heterocycles. The summed E-state index contributed by atoms with van der Waals surface area (Å²) in [5.74, 6) is 7.88. The fourth-order valence-electron chi connectivity index (χ4n) is 2.30. The van der Waals surface area contributed by atoms with E-state index in [4.69, 9.17) is 10.4 Å². The Morgan fingerprint density at radius 3 is 2.85 bits per heavy atom. The molecule has 0 amide bonds. The lowest BCUT2D eigenvalue weighted by molar-refractivity contribution is 0.380. The number of aromatic nitrogens is 5. The summed E-state index contributed by atoms with van der Waals surface area (Å²) >= 11 is 6.49. The fraction of sp³-hybridized carbons (Fsp3) is 0.125. The van der Waals surface area contributed by atoms with Crippen LogP contribution in [0.1, 0.15) is 18.1 Å². The molecule has 1 atom stereocenters. The van der Waals surface area contributed by atoms with Crippen LogP contribution in [-0.2, 0) is 0 Å². The summed E-state index contributed by atoms with van der Waals surface area (Å²) in [5, 5.41) is 14.9. The van der Waals surface area contributed by atoms with Crippen molar-refractivity contribution >= 4 is 39.0 Å². The molecule has 26 heavy (non-hydrogen) atoms. The molecule has 132 valence electrons. The van der Waals surface area contributed by atoms with E-state index in [1.807, 2.05) is 48.7 Å². The molecule has 4 rings (SSSR count). The average molecular weight is 449 g/mol. The number of rotatable bonds is 5. The van der Waals surface area contributed by atoms with Gasteiger partial charge < -0.3 is 10.4 Å². The van der Waals surface area contributed by atoms with Gasteiger partial charge in [-0.1, -0.05) is 51.0 Å². The predicted octanol–water partition coefficient (Wildman–Crippen LogP) is 4.39. The topological polar surface area (TPSA) is 95.7 Å². The maximum absolute atomic E-state index is 6.20. The first kappa shape index (κ1) is 17.3. The summed E-state index contributed by atoms with van der Waals surface area (Å²) in [6, 6.07) is 11.6. The second kappa shape index (κ2) is 7.22. The minimum atomic E-state index is -0.116. The summed E-state index contributed by atoms with van der Waals surface area (Å²) < 4.78 is 7.77. The second-order valence-electron chi connectivity index (χ2n) is 5.35. The normalized spacial score (nSPS) is 12.4. The SMILES string of the molecule is CC(Sc1nnc(-c2ccccc2Br)n1N)c1nc(-c2cccs2)no1. The minimum Gasteiger partial charge on any atom is -0.338 e. The van der Waals surface area contributed by atoms with Crippen LogP contribution < -0.4 is 5.84 Å². The molecule has 0 saturated heterocycles. The lowest BCUT2D eigenvalue weighted by Gasteiger charge is -2.07. The van der Waals surface area contributed by atoms with Crippen molar-refractivity contribution in [2.75, 3.05) is 5.84 Å². The molecule has 2 N–H and O–H groups in total. The molecule has 0 spiro atoms. The minimum absolute atomic E-state index is 0.116. The van der Waals surface area contributed by atoms with Gasteiger partial charge in [-0.15, -0.1) is 21.5 Å². The number of nitrogen functional groups attached to an aromatic ring is 1. The highest BCUT2D eigenvalue weighted by atomic mass is 79.9. The monoisotopic (exact) mass is 448 g/mol. The van der Waals surface area contributed by atoms with Crippen molar-refractivity contribution in [2.45, 2.75) is 17.3 Å². The molecular weight excluding hydrogens is 436 g/mol. The Kier molecular flexibility index (Phi) is 4.79. The Morgan fingerprint density at radius 1 is 1.23 bits per heavy atom. The first-order chi connectivity index (χ1) is 12.6. The van der Waals surface area contributed by atoms with Crippen molar-refractivity contribution in [3.05, 3.63) is 52.1 Å². The van der Waals surface area contributed by atoms with Gasteiger partial charge in [-0.3, -0.25) is 0 Å². The van der Waals surface area contributed by atoms with Crippen LogP contribution in [0.5, 0.6) is 0 Å². The number of thioether (sulfide) groups is 1. The summed E-state index contributed by atoms with van der Waals surface area (Å²) in [6.45, 7) is 1.96. The highest BCUT2D eigenvalue weighted by Gasteiger charge is 2.21. The maximum Gasteiger partial charge on any atom is 0.240 e. The number of benzene rings is 1. The van der Waals surface area contributed by atoms with Gasteiger partial charge in [-0.25, -0.2) is 4.68 Å². The van der Waals surface area contributed by atoms with E-state index in [9.17, 15) is 0 Å². The summed E-state index contributed by atoms with van der Waals surface area (Å²) in [6.07, 6.45) is 0. The van der Waals surface area contributed by atoms with E-state index < -0.39 is 0 Å². The molecule has 0 radical (unpaired) electrons. The summed E-state index contributed by atoms with van der Waals surface area (Å²) in [5.41, 5.74) is 0.875. The number of hydrogen-bond donors (Lipinski definition) is 1. The summed E-state index contributed by atoms with van der Waals surface area (Å²) in [7, 11) is 0. The standard InChI is InChI=1S/C16H13BrN6OS2/c1-9(15-19-13(22-24-15)12-7-4-8-25-12)26-16-21-20-14(23(16)18)10-5-2-3-6-11(10)17/h2-9H,18H2,1H3. The highest BCUT2D eigenvalue weighted by molar-refractivity contribution is 9.10. The molecule has 4 aromatic rings. The number of thiophene rings is 1. The lowest BCUT2D eigenvalue weighted by atomic mass is 10.2. The van der Waals surface area contributed by atoms with Crippen molar-refractivity contribution < 1.29 is 4.52 Å². The van der Waals surface area contributed by atoms with E-state index >= 15 is 0 Å². The maximum atomic E-state index is 6.20. The van der Waals surface area contributed by atoms with Crippen molar-refractivity contribution in [1.82, 2.24) is 25.0 Å². The molecule has 1 unspecified atom stereocenters. The quantitative estimate of drug-likeness (QED) is 0.357. The summed E-state index contributed by atoms with van der Waals surface area (Å²) in [4.78, 5) is 5.43. The van der Waals surface area contributed by atoms with E-state index in [0.717, 1.165) is 14.9 Å². The van der Waals surface area contributed by atoms with Crippen LogP contribution in [0.3, 0.4) is 0 Å². The molecule has 3 aromatic heterocycles. The Balaban J connectivity index is 1.55. The third-order valence-electron chi connectivity index (χ3n) is 3.59. The zero-order chi connectivity index (χ0) is 18.1. The zero-order valence-corrected chi connectivity index (χ0v) is 16.8. The first-order valence-corrected chi connectivity index (χ1v) is 10.2. The zero-order valence-electron chi connectivity index (χ0n) is 13.5. The van der Waals surface area contributed by atoms with Gasteiger partial charge in [0, 0.05) is 10.0 Å². The second-order valence-corrected chi connectivity index (χ2v) is 8.46. The van der Waals surface area contributed by atoms with Gasteiger partial charge in [-0.2, -0.15) is 4.98 Å². The van der Waals surface area contributed by atoms with Gasteiger partial charge in [0.2, 0.25) is 16.9 Å². The van der Waals surface area contributed by atoms with Crippen molar-refractivity contribution in [2.24, 2.45) is 0 Å². The Labute approximate surface area is 165 Å². The van der Waals surface area contributed by atoms with Crippen LogP contribution in [0.2, 0.25) is 0 Å². The molecule has 7 nitrogen and oxygen atoms in total. The van der Waals surface area contributed by atoms with Crippen LogP contribution >= 0.6 is 39.0 Å². The molecule has 0 saturated carbocycles. The Hall–Kier alpha value is -2.17. The number of nitrogens with zero attached hydrogens (tertiary/aromatic N) is 5. The van der Waals surface area contributed by atoms with Gasteiger partial charge in [0.15, 0.2) is 5.82 Å². The first-order valence-electron chi connectivity index (χ1n) is 7.63. The fourth-order valence-corrected chi connectivity index (χ4v) is 4.21. The third kappa shape index (κ3) is 3.27. The molecule has 0 aliphatic carbocycles. The average Bonchev–Trinajstić information content (AvgIpc) is 3.37. The molecular formula is C16H13BrN6OS2. The molecule has 10 heteroatoms. The van der Waals surface area contributed by atoms with Crippen molar-refractivity contribution in [3.63, 3.8) is 0 Å². The Bertz CT molecular complexity index is 1030. The molecule has 0 aliphatic rings. The predicted molar refractivity (Wildman–Crippen MR) is 105 cm³/mol. The van der Waals surface area contributed by atoms with Gasteiger partial charge in [-0.05, 0) is 30.5 Å². The molecule has 0 aliphatic heterocycles. The molecule has 0 fully saturated rings. The number of halogens is 1. The van der Waals surface area contributed by atoms with Crippen molar-refractivity contribution in [3.8, 4) is 22.1 Å². The third-order valence-corrected chi connectivity index (χ3v) is 6.19. The van der Waals surface area contributed by atoms with E-state index in [1.165, 1.54) is 16.4 Å². The smallest absolute Gasteiger partial charge is 0.240 e. The van der Waals surface area contributed by atoms with Crippen LogP contribution in [0, 0.1) is 0 Å². The van der Waals surface area contributed by atoms with Gasteiger partial charge in [0.25, 0.3) is 0 Å². The van der Waals surface area contributed by atoms with Gasteiger partial charge in [0.1, 0.15) is 0 Å². The number of nitrogens with two attached hydrogens (primary N) is 1. The lowest BCUT2D eigenvalue weighted by Crippen LogP contribution is -2.12. The largest absolute Gasteiger partial charge is 0.338 e. The molecule has 0 bridgehead atoms. The van der Waals surface area contributed by atoms with Crippen LogP contribution in [-0.4, -0.2) is 25.0 Å². The molecule has 1 aromatic carbocycles. The number of hydrogen-bond acceptors (Lipinski definition) is 8. The Morgan fingerprint density at radius 2 is 2.08 bits per heavy atom. The van der Waals surface area contributed by atoms with Crippen molar-refractivity contribution in [1.29, 1.82) is 0 Å². The van der Waals surface area contributed by atoms with Crippen LogP contribution in [0.15, 0.2) is 55.9 Å². The van der Waals surface area contributed by atoms with E-state index in [1.54, 1.807) is 11.3 Å². The van der Waals surface area contributed by atoms with E-state index in [2.05, 4.69) is 36.3 Å². The van der Waals surface area contributed by atoms with Gasteiger partial charge in [0.05, 0.1) is 10.1 Å². The van der Waals surface area contributed by atoms with Crippen LogP contribution in [0.25, 0.3) is 22.1 Å². The van der Waals surface area contributed by atoms with E-state index in [-0.39, 0.29) is 5.25 Å².